The van der Waals surface area contributed by atoms with Gasteiger partial charge in [-0.15, -0.1) is 10.2 Å². The molecule has 1 saturated carbocycles. The maximum atomic E-state index is 13.5. The molecule has 0 amide bonds. The van der Waals surface area contributed by atoms with E-state index >= 15 is 0 Å². The van der Waals surface area contributed by atoms with Crippen molar-refractivity contribution in [2.45, 2.75) is 64.0 Å². The van der Waals surface area contributed by atoms with Gasteiger partial charge in [0.15, 0.2) is 5.65 Å². The van der Waals surface area contributed by atoms with Gasteiger partial charge in [-0.05, 0) is 37.0 Å². The second kappa shape index (κ2) is 10.5. The highest BCUT2D eigenvalue weighted by Gasteiger charge is 2.39. The third-order valence-corrected chi connectivity index (χ3v) is 7.41. The van der Waals surface area contributed by atoms with Crippen molar-refractivity contribution in [3.63, 3.8) is 0 Å². The molecular formula is C28H26F3N7O3. The quantitative estimate of drug-likeness (QED) is 0.272. The number of ether oxygens (including phenoxy) is 1. The molecule has 1 aliphatic rings. The summed E-state index contributed by atoms with van der Waals surface area (Å²) in [5.41, 5.74) is 0.757. The Morgan fingerprint density at radius 2 is 1.88 bits per heavy atom. The summed E-state index contributed by atoms with van der Waals surface area (Å²) in [5.74, 6) is 1.19. The molecule has 1 fully saturated rings. The number of fused-ring (bicyclic) bond motifs is 1. The smallest absolute Gasteiger partial charge is 0.425 e. The second-order valence-corrected chi connectivity index (χ2v) is 10.1. The Bertz CT molecular complexity index is 1730. The van der Waals surface area contributed by atoms with Crippen LogP contribution in [0.4, 0.5) is 13.2 Å². The van der Waals surface area contributed by atoms with Gasteiger partial charge in [0.25, 0.3) is 5.56 Å². The summed E-state index contributed by atoms with van der Waals surface area (Å²) in [6.45, 7) is 3.83. The third-order valence-electron chi connectivity index (χ3n) is 7.41. The Kier molecular flexibility index (Phi) is 6.89. The first kappa shape index (κ1) is 26.8. The van der Waals surface area contributed by atoms with Crippen molar-refractivity contribution in [2.24, 2.45) is 0 Å². The summed E-state index contributed by atoms with van der Waals surface area (Å²) < 4.78 is 52.4. The molecule has 0 radical (unpaired) electrons. The third kappa shape index (κ3) is 5.24. The molecule has 6 rings (SSSR count). The SMILES string of the molecule is Cc1nnc(C2CCC2c2nc3c(c(COCc4ccccc4)nn3C(C)c3ccc(C(F)(F)F)nc3)c(=O)[nH]2)o1. The average Bonchev–Trinajstić information content (AvgIpc) is 3.51. The van der Waals surface area contributed by atoms with Crippen molar-refractivity contribution < 1.29 is 22.3 Å². The molecule has 3 atom stereocenters. The number of hydrogen-bond donors (Lipinski definition) is 1. The molecule has 212 valence electrons. The molecule has 0 spiro atoms. The first-order valence-electron chi connectivity index (χ1n) is 13.1. The zero-order chi connectivity index (χ0) is 28.7. The van der Waals surface area contributed by atoms with E-state index in [1.807, 2.05) is 30.3 Å². The van der Waals surface area contributed by atoms with Gasteiger partial charge < -0.3 is 14.1 Å². The lowest BCUT2D eigenvalue weighted by Gasteiger charge is -2.32. The van der Waals surface area contributed by atoms with E-state index in [0.717, 1.165) is 24.5 Å². The van der Waals surface area contributed by atoms with Gasteiger partial charge in [-0.2, -0.15) is 18.3 Å². The molecule has 1 N–H and O–H groups in total. The Balaban J connectivity index is 1.37. The van der Waals surface area contributed by atoms with Crippen LogP contribution in [-0.4, -0.2) is 34.9 Å². The van der Waals surface area contributed by atoms with Crippen LogP contribution in [0.15, 0.2) is 57.9 Å². The molecular weight excluding hydrogens is 539 g/mol. The van der Waals surface area contributed by atoms with Crippen LogP contribution in [0.5, 0.6) is 0 Å². The van der Waals surface area contributed by atoms with Gasteiger partial charge in [0.2, 0.25) is 11.8 Å². The number of nitrogens with one attached hydrogen (secondary N) is 1. The zero-order valence-corrected chi connectivity index (χ0v) is 22.2. The molecule has 0 aliphatic heterocycles. The van der Waals surface area contributed by atoms with Crippen molar-refractivity contribution >= 4 is 11.0 Å². The summed E-state index contributed by atoms with van der Waals surface area (Å²) in [5, 5.41) is 13.0. The zero-order valence-electron chi connectivity index (χ0n) is 22.2. The number of rotatable bonds is 8. The Morgan fingerprint density at radius 3 is 2.51 bits per heavy atom. The number of aryl methyl sites for hydroxylation is 1. The average molecular weight is 566 g/mol. The topological polar surface area (TPSA) is 125 Å². The number of nitrogens with zero attached hydrogens (tertiary/aromatic N) is 6. The van der Waals surface area contributed by atoms with E-state index in [9.17, 15) is 18.0 Å². The lowest BCUT2D eigenvalue weighted by atomic mass is 9.73. The molecule has 1 aromatic carbocycles. The molecule has 4 heterocycles. The van der Waals surface area contributed by atoms with Gasteiger partial charge in [-0.25, -0.2) is 9.67 Å². The number of alkyl halides is 3. The largest absolute Gasteiger partial charge is 0.433 e. The first-order valence-corrected chi connectivity index (χ1v) is 13.1. The van der Waals surface area contributed by atoms with Crippen LogP contribution in [0, 0.1) is 6.92 Å². The van der Waals surface area contributed by atoms with E-state index < -0.39 is 17.9 Å². The Labute approximate surface area is 231 Å². The van der Waals surface area contributed by atoms with Gasteiger partial charge in [0.1, 0.15) is 22.6 Å². The monoisotopic (exact) mass is 565 g/mol. The van der Waals surface area contributed by atoms with Crippen LogP contribution >= 0.6 is 0 Å². The minimum atomic E-state index is -4.55. The van der Waals surface area contributed by atoms with Gasteiger partial charge >= 0.3 is 6.18 Å². The number of pyridine rings is 1. The standard InChI is InChI=1S/C28H26F3N7O3/c1-15(18-8-11-22(32-12-18)28(29,30)31)38-25-23(21(37-38)14-40-13-17-6-4-3-5-7-17)26(39)34-24(33-25)19-9-10-20(19)27-36-35-16(2)41-27/h3-8,11-12,15,19-20H,9-10,13-14H2,1-2H3,(H,33,34,39). The molecule has 3 unspecified atom stereocenters. The van der Waals surface area contributed by atoms with Gasteiger partial charge in [-0.1, -0.05) is 36.4 Å². The summed E-state index contributed by atoms with van der Waals surface area (Å²) in [6.07, 6.45) is -1.82. The minimum Gasteiger partial charge on any atom is -0.425 e. The summed E-state index contributed by atoms with van der Waals surface area (Å²) in [7, 11) is 0. The van der Waals surface area contributed by atoms with Crippen molar-refractivity contribution in [2.75, 3.05) is 0 Å². The number of aromatic amines is 1. The van der Waals surface area contributed by atoms with Crippen molar-refractivity contribution in [1.29, 1.82) is 0 Å². The molecule has 13 heteroatoms. The molecule has 4 aromatic heterocycles. The van der Waals surface area contributed by atoms with E-state index in [2.05, 4.69) is 25.3 Å². The normalized spacial score (nSPS) is 18.0. The molecule has 10 nitrogen and oxygen atoms in total. The predicted octanol–water partition coefficient (Wildman–Crippen LogP) is 5.21. The first-order chi connectivity index (χ1) is 19.7. The maximum absolute atomic E-state index is 13.5. The van der Waals surface area contributed by atoms with E-state index in [1.54, 1.807) is 18.5 Å². The summed E-state index contributed by atoms with van der Waals surface area (Å²) >= 11 is 0. The molecule has 0 bridgehead atoms. The van der Waals surface area contributed by atoms with Crippen LogP contribution < -0.4 is 5.56 Å². The highest BCUT2D eigenvalue weighted by Crippen LogP contribution is 2.47. The molecule has 0 saturated heterocycles. The summed E-state index contributed by atoms with van der Waals surface area (Å²) in [6, 6.07) is 11.3. The lowest BCUT2D eigenvalue weighted by molar-refractivity contribution is -0.141. The van der Waals surface area contributed by atoms with Crippen LogP contribution in [0.25, 0.3) is 11.0 Å². The fraction of sp³-hybridized carbons (Fsp3) is 0.357. The van der Waals surface area contributed by atoms with Gasteiger partial charge in [0.05, 0.1) is 19.3 Å². The van der Waals surface area contributed by atoms with Crippen LogP contribution in [0.1, 0.15) is 77.8 Å². The fourth-order valence-corrected chi connectivity index (χ4v) is 5.06. The molecule has 5 aromatic rings. The Hall–Kier alpha value is -4.39. The predicted molar refractivity (Wildman–Crippen MR) is 140 cm³/mol. The number of H-pyrrole nitrogens is 1. The van der Waals surface area contributed by atoms with Gasteiger partial charge in [0, 0.05) is 25.0 Å². The highest BCUT2D eigenvalue weighted by molar-refractivity contribution is 5.77. The van der Waals surface area contributed by atoms with E-state index in [4.69, 9.17) is 14.1 Å². The molecule has 1 aliphatic carbocycles. The minimum absolute atomic E-state index is 0.0355. The highest BCUT2D eigenvalue weighted by atomic mass is 19.4. The lowest BCUT2D eigenvalue weighted by Crippen LogP contribution is -2.27. The van der Waals surface area contributed by atoms with E-state index in [-0.39, 0.29) is 29.4 Å². The number of benzene rings is 1. The summed E-state index contributed by atoms with van der Waals surface area (Å²) in [4.78, 5) is 24.8. The van der Waals surface area contributed by atoms with Crippen molar-refractivity contribution in [1.82, 2.24) is 34.9 Å². The van der Waals surface area contributed by atoms with Crippen LogP contribution in [0.3, 0.4) is 0 Å². The van der Waals surface area contributed by atoms with Crippen molar-refractivity contribution in [3.8, 4) is 0 Å². The molecule has 41 heavy (non-hydrogen) atoms. The van der Waals surface area contributed by atoms with Crippen LogP contribution in [-0.2, 0) is 24.1 Å². The fourth-order valence-electron chi connectivity index (χ4n) is 5.06. The van der Waals surface area contributed by atoms with Crippen molar-refractivity contribution in [3.05, 3.63) is 99.1 Å². The number of halogens is 3. The van der Waals surface area contributed by atoms with Gasteiger partial charge in [-0.3, -0.25) is 9.78 Å². The van der Waals surface area contributed by atoms with Crippen LogP contribution in [0.2, 0.25) is 0 Å². The number of hydrogen-bond acceptors (Lipinski definition) is 8. The number of aromatic nitrogens is 7. The van der Waals surface area contributed by atoms with E-state index in [1.165, 1.54) is 12.3 Å². The van der Waals surface area contributed by atoms with E-state index in [0.29, 0.717) is 41.1 Å². The second-order valence-electron chi connectivity index (χ2n) is 10.1. The maximum Gasteiger partial charge on any atom is 0.433 e. The Morgan fingerprint density at radius 1 is 1.10 bits per heavy atom.